The van der Waals surface area contributed by atoms with E-state index in [1.165, 1.54) is 23.5 Å². The van der Waals surface area contributed by atoms with Crippen molar-refractivity contribution in [3.05, 3.63) is 57.3 Å². The van der Waals surface area contributed by atoms with Crippen molar-refractivity contribution >= 4 is 56.6 Å². The predicted molar refractivity (Wildman–Crippen MR) is 123 cm³/mol. The minimum atomic E-state index is -0.598. The molecule has 168 valence electrons. The van der Waals surface area contributed by atoms with Crippen LogP contribution in [0.15, 0.2) is 36.4 Å². The Labute approximate surface area is 198 Å². The van der Waals surface area contributed by atoms with Crippen molar-refractivity contribution in [1.82, 2.24) is 15.6 Å². The molecule has 2 aromatic carbocycles. The standard InChI is InChI=1S/C22H20Cl2FN3O3S/c23-12-1-8-19-18(9-12)28-22(32-19)21(30)27-14-4-2-13(3-5-14)26-20(29)11-31-15-6-7-16(24)17(25)10-15/h1,6-10,13-14H,2-5,11H2,(H,26,29)(H,27,30)/t13-,14+. The molecule has 10 heteroatoms. The van der Waals surface area contributed by atoms with Crippen LogP contribution in [0.25, 0.3) is 10.2 Å². The monoisotopic (exact) mass is 495 g/mol. The zero-order valence-electron chi connectivity index (χ0n) is 16.9. The van der Waals surface area contributed by atoms with E-state index >= 15 is 0 Å². The number of ether oxygens (including phenoxy) is 1. The number of amides is 2. The van der Waals surface area contributed by atoms with Crippen LogP contribution < -0.4 is 15.4 Å². The van der Waals surface area contributed by atoms with Crippen LogP contribution in [0.2, 0.25) is 10.0 Å². The van der Waals surface area contributed by atoms with Gasteiger partial charge in [0.15, 0.2) is 11.6 Å². The Hall–Kier alpha value is -2.42. The third-order valence-electron chi connectivity index (χ3n) is 5.23. The average Bonchev–Trinajstić information content (AvgIpc) is 3.19. The van der Waals surface area contributed by atoms with Gasteiger partial charge in [-0.05, 0) is 56.0 Å². The maximum atomic E-state index is 13.4. The molecule has 0 bridgehead atoms. The van der Waals surface area contributed by atoms with Crippen molar-refractivity contribution in [1.29, 1.82) is 0 Å². The smallest absolute Gasteiger partial charge is 0.280 e. The Morgan fingerprint density at radius 1 is 1.06 bits per heavy atom. The van der Waals surface area contributed by atoms with E-state index in [1.54, 1.807) is 12.1 Å². The first-order valence-electron chi connectivity index (χ1n) is 10.1. The molecule has 32 heavy (non-hydrogen) atoms. The number of nitrogens with one attached hydrogen (secondary N) is 2. The van der Waals surface area contributed by atoms with Crippen LogP contribution in [-0.4, -0.2) is 35.5 Å². The number of benzene rings is 2. The third-order valence-corrected chi connectivity index (χ3v) is 6.81. The summed E-state index contributed by atoms with van der Waals surface area (Å²) in [7, 11) is 0. The second-order valence-electron chi connectivity index (χ2n) is 7.59. The summed E-state index contributed by atoms with van der Waals surface area (Å²) in [4.78, 5) is 29.1. The van der Waals surface area contributed by atoms with Crippen LogP contribution in [0.3, 0.4) is 0 Å². The van der Waals surface area contributed by atoms with E-state index in [0.717, 1.165) is 36.4 Å². The van der Waals surface area contributed by atoms with Crippen molar-refractivity contribution in [3.8, 4) is 5.75 Å². The molecule has 0 unspecified atom stereocenters. The van der Waals surface area contributed by atoms with Gasteiger partial charge >= 0.3 is 0 Å². The summed E-state index contributed by atoms with van der Waals surface area (Å²) in [6, 6.07) is 9.43. The normalized spacial score (nSPS) is 18.3. The van der Waals surface area contributed by atoms with Gasteiger partial charge in [-0.3, -0.25) is 9.59 Å². The molecule has 4 rings (SSSR count). The van der Waals surface area contributed by atoms with Gasteiger partial charge in [0, 0.05) is 23.2 Å². The number of carbonyl (C=O) groups excluding carboxylic acids is 2. The fraction of sp³-hybridized carbons (Fsp3) is 0.318. The number of fused-ring (bicyclic) bond motifs is 1. The average molecular weight is 496 g/mol. The maximum Gasteiger partial charge on any atom is 0.280 e. The first-order chi connectivity index (χ1) is 15.4. The highest BCUT2D eigenvalue weighted by Gasteiger charge is 2.25. The molecule has 0 spiro atoms. The number of rotatable bonds is 6. The fourth-order valence-corrected chi connectivity index (χ4v) is 4.74. The molecule has 0 radical (unpaired) electrons. The molecule has 1 aromatic heterocycles. The zero-order valence-corrected chi connectivity index (χ0v) is 19.2. The number of thiazole rings is 1. The Kier molecular flexibility index (Phi) is 7.13. The lowest BCUT2D eigenvalue weighted by atomic mass is 9.91. The van der Waals surface area contributed by atoms with Gasteiger partial charge in [-0.1, -0.05) is 23.2 Å². The Bertz CT molecular complexity index is 1150. The number of carbonyl (C=O) groups is 2. The molecule has 6 nitrogen and oxygen atoms in total. The van der Waals surface area contributed by atoms with E-state index in [9.17, 15) is 14.0 Å². The fourth-order valence-electron chi connectivity index (χ4n) is 3.61. The molecule has 0 saturated heterocycles. The maximum absolute atomic E-state index is 13.4. The van der Waals surface area contributed by atoms with Crippen LogP contribution in [0.1, 0.15) is 35.5 Å². The van der Waals surface area contributed by atoms with E-state index in [4.69, 9.17) is 27.9 Å². The molecule has 1 heterocycles. The van der Waals surface area contributed by atoms with Gasteiger partial charge < -0.3 is 15.4 Å². The summed E-state index contributed by atoms with van der Waals surface area (Å²) < 4.78 is 19.7. The summed E-state index contributed by atoms with van der Waals surface area (Å²) in [6.45, 7) is -0.209. The van der Waals surface area contributed by atoms with Gasteiger partial charge in [0.1, 0.15) is 11.6 Å². The number of hydrogen-bond donors (Lipinski definition) is 2. The van der Waals surface area contributed by atoms with Crippen LogP contribution >= 0.6 is 34.5 Å². The molecule has 1 saturated carbocycles. The van der Waals surface area contributed by atoms with Crippen molar-refractivity contribution in [2.24, 2.45) is 0 Å². The topological polar surface area (TPSA) is 80.3 Å². The van der Waals surface area contributed by atoms with Gasteiger partial charge in [-0.2, -0.15) is 0 Å². The molecular formula is C22H20Cl2FN3O3S. The minimum absolute atomic E-state index is 0.00168. The highest BCUT2D eigenvalue weighted by Crippen LogP contribution is 2.26. The van der Waals surface area contributed by atoms with Gasteiger partial charge in [-0.25, -0.2) is 9.37 Å². The second kappa shape index (κ2) is 10.0. The molecule has 3 aromatic rings. The molecular weight excluding hydrogens is 476 g/mol. The molecule has 2 N–H and O–H groups in total. The summed E-state index contributed by atoms with van der Waals surface area (Å²) in [6.07, 6.45) is 2.97. The van der Waals surface area contributed by atoms with Gasteiger partial charge in [0.25, 0.3) is 11.8 Å². The molecule has 2 amide bonds. The lowest BCUT2D eigenvalue weighted by Gasteiger charge is -2.29. The van der Waals surface area contributed by atoms with Gasteiger partial charge in [-0.15, -0.1) is 11.3 Å². The van der Waals surface area contributed by atoms with Crippen LogP contribution in [0.4, 0.5) is 4.39 Å². The SMILES string of the molecule is O=C(COc1ccc(Cl)c(F)c1)N[C@H]1CC[C@@H](NC(=O)c2nc3cc(Cl)ccc3s2)CC1. The second-order valence-corrected chi connectivity index (χ2v) is 9.46. The first kappa shape index (κ1) is 22.8. The number of nitrogens with zero attached hydrogens (tertiary/aromatic N) is 1. The van der Waals surface area contributed by atoms with Crippen LogP contribution in [0, 0.1) is 5.82 Å². The Morgan fingerprint density at radius 3 is 2.50 bits per heavy atom. The summed E-state index contributed by atoms with van der Waals surface area (Å²) >= 11 is 12.9. The van der Waals surface area contributed by atoms with Crippen molar-refractivity contribution in [2.75, 3.05) is 6.61 Å². The Balaban J connectivity index is 1.21. The van der Waals surface area contributed by atoms with Crippen molar-refractivity contribution < 1.29 is 18.7 Å². The predicted octanol–water partition coefficient (Wildman–Crippen LogP) is 4.98. The lowest BCUT2D eigenvalue weighted by Crippen LogP contribution is -2.44. The highest BCUT2D eigenvalue weighted by molar-refractivity contribution is 7.20. The number of halogens is 3. The number of aromatic nitrogens is 1. The van der Waals surface area contributed by atoms with Crippen LogP contribution in [-0.2, 0) is 4.79 Å². The summed E-state index contributed by atoms with van der Waals surface area (Å²) in [5.74, 6) is -0.829. The zero-order chi connectivity index (χ0) is 22.7. The van der Waals surface area contributed by atoms with Crippen molar-refractivity contribution in [2.45, 2.75) is 37.8 Å². The molecule has 0 aliphatic heterocycles. The number of hydrogen-bond acceptors (Lipinski definition) is 5. The van der Waals surface area contributed by atoms with Crippen molar-refractivity contribution in [3.63, 3.8) is 0 Å². The van der Waals surface area contributed by atoms with Gasteiger partial charge in [0.2, 0.25) is 0 Å². The van der Waals surface area contributed by atoms with E-state index in [-0.39, 0.29) is 41.3 Å². The van der Waals surface area contributed by atoms with E-state index < -0.39 is 5.82 Å². The quantitative estimate of drug-likeness (QED) is 0.505. The largest absolute Gasteiger partial charge is 0.484 e. The molecule has 1 fully saturated rings. The van der Waals surface area contributed by atoms with E-state index in [0.29, 0.717) is 15.5 Å². The van der Waals surface area contributed by atoms with E-state index in [1.807, 2.05) is 6.07 Å². The van der Waals surface area contributed by atoms with E-state index in [2.05, 4.69) is 15.6 Å². The van der Waals surface area contributed by atoms with Crippen LogP contribution in [0.5, 0.6) is 5.75 Å². The summed E-state index contributed by atoms with van der Waals surface area (Å²) in [5.41, 5.74) is 0.711. The molecule has 0 atom stereocenters. The minimum Gasteiger partial charge on any atom is -0.484 e. The lowest BCUT2D eigenvalue weighted by molar-refractivity contribution is -0.124. The first-order valence-corrected chi connectivity index (χ1v) is 11.7. The third kappa shape index (κ3) is 5.68. The highest BCUT2D eigenvalue weighted by atomic mass is 35.5. The Morgan fingerprint density at radius 2 is 1.78 bits per heavy atom. The molecule has 1 aliphatic carbocycles. The summed E-state index contributed by atoms with van der Waals surface area (Å²) in [5, 5.41) is 6.95. The molecule has 1 aliphatic rings. The van der Waals surface area contributed by atoms with Gasteiger partial charge in [0.05, 0.1) is 15.2 Å².